The summed E-state index contributed by atoms with van der Waals surface area (Å²) in [6.45, 7) is 0. The van der Waals surface area contributed by atoms with Gasteiger partial charge in [-0.3, -0.25) is 0 Å². The number of thiophene rings is 1. The van der Waals surface area contributed by atoms with Gasteiger partial charge in [0, 0.05) is 53.6 Å². The molecule has 0 aliphatic carbocycles. The van der Waals surface area contributed by atoms with E-state index in [-0.39, 0.29) is 0 Å². The van der Waals surface area contributed by atoms with Gasteiger partial charge in [0.1, 0.15) is 0 Å². The summed E-state index contributed by atoms with van der Waals surface area (Å²) in [5, 5.41) is 12.3. The van der Waals surface area contributed by atoms with Crippen molar-refractivity contribution in [2.75, 3.05) is 9.80 Å². The topological polar surface area (TPSA) is 6.48 Å². The molecule has 0 aliphatic rings. The maximum absolute atomic E-state index is 2.52. The van der Waals surface area contributed by atoms with Crippen molar-refractivity contribution in [2.45, 2.75) is 0 Å². The van der Waals surface area contributed by atoms with Crippen LogP contribution in [-0.4, -0.2) is 0 Å². The standard InChI is InChI=1S/C88H58N2S/c1-3-21-59(22-4-1)60-41-43-64(44-42-60)75-28-11-15-36-82(75)90(85-56-55-72(61-23-5-2-6-24-61)77-29-9-10-30-78(77)85)84-38-17-13-32-80(84)79-31-12-16-37-83(79)89(68-50-47-63(48-51-68)71-34-19-26-62-25-7-8-27-70(62)71)69-52-54-74-67(58-69)46-45-65-57-66(49-53-73(65)74)76-35-20-40-87-88(76)81-33-14-18-39-86(81)91-87/h1-58H. The number of hydrogen-bond acceptors (Lipinski definition) is 3. The maximum atomic E-state index is 2.52. The lowest BCUT2D eigenvalue weighted by Crippen LogP contribution is -2.14. The molecular formula is C88H58N2S. The van der Waals surface area contributed by atoms with Gasteiger partial charge in [0.05, 0.1) is 22.7 Å². The normalized spacial score (nSPS) is 11.5. The molecule has 91 heavy (non-hydrogen) atoms. The Labute approximate surface area is 533 Å². The van der Waals surface area contributed by atoms with Crippen molar-refractivity contribution >= 4 is 109 Å². The van der Waals surface area contributed by atoms with Gasteiger partial charge in [0.15, 0.2) is 0 Å². The Bertz CT molecular complexity index is 5590. The second-order valence-corrected chi connectivity index (χ2v) is 24.6. The van der Waals surface area contributed by atoms with Gasteiger partial charge < -0.3 is 9.80 Å². The largest absolute Gasteiger partial charge is 0.310 e. The highest BCUT2D eigenvalue weighted by atomic mass is 32.1. The zero-order chi connectivity index (χ0) is 60.2. The van der Waals surface area contributed by atoms with Crippen LogP contribution in [0.4, 0.5) is 34.1 Å². The molecule has 0 spiro atoms. The van der Waals surface area contributed by atoms with Gasteiger partial charge in [-0.05, 0) is 155 Å². The van der Waals surface area contributed by atoms with Crippen molar-refractivity contribution in [2.24, 2.45) is 0 Å². The molecule has 0 aliphatic heterocycles. The maximum Gasteiger partial charge on any atom is 0.0541 e. The Morgan fingerprint density at radius 3 is 1.38 bits per heavy atom. The molecule has 16 aromatic carbocycles. The third kappa shape index (κ3) is 9.59. The number of benzene rings is 16. The van der Waals surface area contributed by atoms with Crippen LogP contribution < -0.4 is 9.80 Å². The fourth-order valence-electron chi connectivity index (χ4n) is 14.0. The van der Waals surface area contributed by atoms with Crippen molar-refractivity contribution in [3.8, 4) is 66.8 Å². The van der Waals surface area contributed by atoms with Crippen molar-refractivity contribution in [1.29, 1.82) is 0 Å². The first kappa shape index (κ1) is 53.6. The number of para-hydroxylation sites is 3. The minimum atomic E-state index is 1.05. The number of rotatable bonds is 12. The summed E-state index contributed by atoms with van der Waals surface area (Å²) in [7, 11) is 0. The molecule has 17 rings (SSSR count). The Balaban J connectivity index is 0.845. The van der Waals surface area contributed by atoms with Gasteiger partial charge in [-0.25, -0.2) is 0 Å². The van der Waals surface area contributed by atoms with Crippen molar-refractivity contribution < 1.29 is 0 Å². The molecule has 426 valence electrons. The average Bonchev–Trinajstić information content (AvgIpc) is 1.66. The van der Waals surface area contributed by atoms with Gasteiger partial charge in [-0.2, -0.15) is 0 Å². The van der Waals surface area contributed by atoms with Gasteiger partial charge in [-0.15, -0.1) is 11.3 Å². The second-order valence-electron chi connectivity index (χ2n) is 23.5. The molecule has 0 fully saturated rings. The third-order valence-corrected chi connectivity index (χ3v) is 19.4. The van der Waals surface area contributed by atoms with Gasteiger partial charge in [-0.1, -0.05) is 285 Å². The molecule has 0 N–H and O–H groups in total. The molecule has 2 nitrogen and oxygen atoms in total. The number of hydrogen-bond donors (Lipinski definition) is 0. The SMILES string of the molecule is c1ccc(-c2ccc(-c3ccccc3N(c3ccccc3-c3ccccc3N(c3ccc(-c4cccc5ccccc45)cc3)c3ccc4c(ccc5cc(-c6cccc7sc8ccccc8c67)ccc54)c3)c3ccc(-c4ccccc4)c4ccccc34)cc2)cc1. The lowest BCUT2D eigenvalue weighted by Gasteiger charge is -2.33. The van der Waals surface area contributed by atoms with E-state index in [1.807, 2.05) is 11.3 Å². The van der Waals surface area contributed by atoms with Crippen LogP contribution in [0.5, 0.6) is 0 Å². The highest BCUT2D eigenvalue weighted by Gasteiger charge is 2.26. The summed E-state index contributed by atoms with van der Waals surface area (Å²) < 4.78 is 2.63. The predicted octanol–water partition coefficient (Wildman–Crippen LogP) is 25.6. The summed E-state index contributed by atoms with van der Waals surface area (Å²) in [4.78, 5) is 4.98. The molecule has 17 aromatic rings. The molecular weight excluding hydrogens is 1120 g/mol. The molecule has 0 bridgehead atoms. The molecule has 0 unspecified atom stereocenters. The minimum Gasteiger partial charge on any atom is -0.310 e. The molecule has 3 heteroatoms. The van der Waals surface area contributed by atoms with Crippen LogP contribution >= 0.6 is 11.3 Å². The number of nitrogens with zero attached hydrogens (tertiary/aromatic N) is 2. The first-order valence-electron chi connectivity index (χ1n) is 31.2. The fourth-order valence-corrected chi connectivity index (χ4v) is 15.1. The zero-order valence-corrected chi connectivity index (χ0v) is 50.6. The summed E-state index contributed by atoms with van der Waals surface area (Å²) in [6, 6.07) is 130. The van der Waals surface area contributed by atoms with Crippen molar-refractivity contribution in [1.82, 2.24) is 0 Å². The summed E-state index contributed by atoms with van der Waals surface area (Å²) in [6.07, 6.45) is 0. The molecule has 0 saturated heterocycles. The smallest absolute Gasteiger partial charge is 0.0541 e. The van der Waals surface area contributed by atoms with E-state index in [0.29, 0.717) is 0 Å². The first-order valence-corrected chi connectivity index (χ1v) is 32.0. The van der Waals surface area contributed by atoms with Crippen LogP contribution in [0.15, 0.2) is 352 Å². The van der Waals surface area contributed by atoms with E-state index < -0.39 is 0 Å². The quantitative estimate of drug-likeness (QED) is 0.113. The van der Waals surface area contributed by atoms with E-state index in [1.165, 1.54) is 102 Å². The monoisotopic (exact) mass is 1170 g/mol. The van der Waals surface area contributed by atoms with Crippen LogP contribution in [-0.2, 0) is 0 Å². The van der Waals surface area contributed by atoms with E-state index in [1.54, 1.807) is 0 Å². The van der Waals surface area contributed by atoms with Crippen LogP contribution in [0.3, 0.4) is 0 Å². The summed E-state index contributed by atoms with van der Waals surface area (Å²) in [5.41, 5.74) is 20.5. The third-order valence-electron chi connectivity index (χ3n) is 18.3. The van der Waals surface area contributed by atoms with Gasteiger partial charge >= 0.3 is 0 Å². The van der Waals surface area contributed by atoms with Gasteiger partial charge in [0.25, 0.3) is 0 Å². The Kier molecular flexibility index (Phi) is 13.4. The van der Waals surface area contributed by atoms with Crippen LogP contribution in [0.25, 0.3) is 130 Å². The summed E-state index contributed by atoms with van der Waals surface area (Å²) in [5.74, 6) is 0. The Hall–Kier alpha value is -11.6. The first-order chi connectivity index (χ1) is 45.1. The van der Waals surface area contributed by atoms with Crippen LogP contribution in [0.2, 0.25) is 0 Å². The molecule has 0 saturated carbocycles. The van der Waals surface area contributed by atoms with Crippen molar-refractivity contribution in [3.63, 3.8) is 0 Å². The molecule has 0 amide bonds. The highest BCUT2D eigenvalue weighted by molar-refractivity contribution is 7.26. The van der Waals surface area contributed by atoms with Gasteiger partial charge in [0.2, 0.25) is 0 Å². The van der Waals surface area contributed by atoms with Crippen LogP contribution in [0.1, 0.15) is 0 Å². The molecule has 1 aromatic heterocycles. The van der Waals surface area contributed by atoms with E-state index in [4.69, 9.17) is 0 Å². The van der Waals surface area contributed by atoms with E-state index in [0.717, 1.165) is 61.8 Å². The fraction of sp³-hybridized carbons (Fsp3) is 0. The summed E-state index contributed by atoms with van der Waals surface area (Å²) >= 11 is 1.87. The van der Waals surface area contributed by atoms with E-state index in [9.17, 15) is 0 Å². The highest BCUT2D eigenvalue weighted by Crippen LogP contribution is 2.51. The number of anilines is 6. The minimum absolute atomic E-state index is 1.05. The van der Waals surface area contributed by atoms with E-state index >= 15 is 0 Å². The molecule has 0 atom stereocenters. The van der Waals surface area contributed by atoms with Crippen molar-refractivity contribution in [3.05, 3.63) is 352 Å². The lowest BCUT2D eigenvalue weighted by atomic mass is 9.93. The Morgan fingerprint density at radius 1 is 0.187 bits per heavy atom. The lowest BCUT2D eigenvalue weighted by molar-refractivity contribution is 1.27. The zero-order valence-electron chi connectivity index (χ0n) is 49.8. The Morgan fingerprint density at radius 2 is 0.637 bits per heavy atom. The van der Waals surface area contributed by atoms with Crippen LogP contribution in [0, 0.1) is 0 Å². The average molecular weight is 1180 g/mol. The number of fused-ring (bicyclic) bond motifs is 8. The predicted molar refractivity (Wildman–Crippen MR) is 391 cm³/mol. The molecule has 1 heterocycles. The molecule has 0 radical (unpaired) electrons. The van der Waals surface area contributed by atoms with E-state index in [2.05, 4.69) is 362 Å². The second kappa shape index (κ2) is 22.8.